The lowest BCUT2D eigenvalue weighted by Crippen LogP contribution is -2.54. The van der Waals surface area contributed by atoms with E-state index in [2.05, 4.69) is 42.5 Å². The van der Waals surface area contributed by atoms with Crippen LogP contribution in [0.4, 0.5) is 5.69 Å². The molecule has 1 amide bonds. The second kappa shape index (κ2) is 10.1. The molecule has 3 aromatic rings. The zero-order valence-corrected chi connectivity index (χ0v) is 23.3. The number of amides is 1. The summed E-state index contributed by atoms with van der Waals surface area (Å²) in [5.41, 5.74) is 1.37. The molecule has 5 rings (SSSR count). The maximum absolute atomic E-state index is 13.3. The number of hydrogen-bond acceptors (Lipinski definition) is 6. The van der Waals surface area contributed by atoms with Crippen molar-refractivity contribution in [1.29, 1.82) is 0 Å². The number of carbonyl (C=O) groups is 1. The van der Waals surface area contributed by atoms with E-state index in [1.54, 1.807) is 30.3 Å². The molecule has 8 nitrogen and oxygen atoms in total. The van der Waals surface area contributed by atoms with Crippen molar-refractivity contribution in [1.82, 2.24) is 5.32 Å². The third-order valence-corrected chi connectivity index (χ3v) is 8.09. The van der Waals surface area contributed by atoms with Crippen molar-refractivity contribution in [3.63, 3.8) is 0 Å². The topological polar surface area (TPSA) is 103 Å². The number of carbonyl (C=O) groups excluding carboxylic acids is 1. The van der Waals surface area contributed by atoms with Crippen LogP contribution in [0.1, 0.15) is 36.5 Å². The van der Waals surface area contributed by atoms with Gasteiger partial charge >= 0.3 is 0 Å². The van der Waals surface area contributed by atoms with Gasteiger partial charge in [0.1, 0.15) is 6.61 Å². The van der Waals surface area contributed by atoms with E-state index in [-0.39, 0.29) is 11.0 Å². The Morgan fingerprint density at radius 2 is 1.81 bits per heavy atom. The Bertz CT molecular complexity index is 1370. The molecule has 1 saturated heterocycles. The molecule has 37 heavy (non-hydrogen) atoms. The van der Waals surface area contributed by atoms with Gasteiger partial charge in [0.25, 0.3) is 11.9 Å². The fourth-order valence-electron chi connectivity index (χ4n) is 5.47. The maximum atomic E-state index is 13.3. The summed E-state index contributed by atoms with van der Waals surface area (Å²) in [5, 5.41) is 18.7. The molecule has 0 aromatic heterocycles. The minimum atomic E-state index is -1.47. The van der Waals surface area contributed by atoms with Crippen molar-refractivity contribution in [3.05, 3.63) is 96.4 Å². The van der Waals surface area contributed by atoms with E-state index in [0.29, 0.717) is 46.0 Å². The van der Waals surface area contributed by atoms with Gasteiger partial charge in [-0.05, 0) is 71.2 Å². The van der Waals surface area contributed by atoms with E-state index in [1.807, 2.05) is 44.2 Å². The van der Waals surface area contributed by atoms with E-state index in [0.717, 1.165) is 10.0 Å². The molecule has 3 aromatic carbocycles. The van der Waals surface area contributed by atoms with Crippen molar-refractivity contribution in [2.45, 2.75) is 44.0 Å². The van der Waals surface area contributed by atoms with Crippen LogP contribution in [-0.4, -0.2) is 29.5 Å². The summed E-state index contributed by atoms with van der Waals surface area (Å²) < 4.78 is 13.6. The number of nitro groups is 1. The predicted octanol–water partition coefficient (Wildman–Crippen LogP) is 5.76. The Hall–Kier alpha value is -2.95. The Morgan fingerprint density at radius 1 is 1.08 bits per heavy atom. The Balaban J connectivity index is 1.54. The number of ether oxygens (including phenoxy) is 2. The van der Waals surface area contributed by atoms with E-state index in [9.17, 15) is 14.9 Å². The molecule has 10 heteroatoms. The van der Waals surface area contributed by atoms with Gasteiger partial charge in [0, 0.05) is 26.7 Å². The van der Waals surface area contributed by atoms with Crippen molar-refractivity contribution < 1.29 is 19.2 Å². The molecule has 0 unspecified atom stereocenters. The van der Waals surface area contributed by atoms with E-state index < -0.39 is 23.4 Å². The van der Waals surface area contributed by atoms with Crippen LogP contribution in [-0.2, 0) is 16.9 Å². The summed E-state index contributed by atoms with van der Waals surface area (Å²) in [4.78, 5) is 25.6. The normalized spacial score (nSPS) is 24.1. The van der Waals surface area contributed by atoms with E-state index >= 15 is 0 Å². The number of hydrogen-bond donors (Lipinski definition) is 2. The highest BCUT2D eigenvalue weighted by molar-refractivity contribution is 9.10. The van der Waals surface area contributed by atoms with Crippen LogP contribution in [0.15, 0.2) is 69.6 Å². The van der Waals surface area contributed by atoms with Crippen molar-refractivity contribution in [2.75, 3.05) is 11.9 Å². The van der Waals surface area contributed by atoms with Crippen LogP contribution in [0.5, 0.6) is 11.5 Å². The van der Waals surface area contributed by atoms with Gasteiger partial charge in [-0.1, -0.05) is 46.3 Å². The highest BCUT2D eigenvalue weighted by atomic mass is 79.9. The number of fused-ring (bicyclic) bond motifs is 2. The van der Waals surface area contributed by atoms with Gasteiger partial charge in [-0.15, -0.1) is 0 Å². The molecular formula is C27H25Br2N3O5. The summed E-state index contributed by atoms with van der Waals surface area (Å²) in [6.07, 6.45) is 0. The number of benzene rings is 3. The fraction of sp³-hybridized carbons (Fsp3) is 0.296. The summed E-state index contributed by atoms with van der Waals surface area (Å²) in [6.45, 7) is 4.45. The van der Waals surface area contributed by atoms with Gasteiger partial charge in [-0.2, -0.15) is 0 Å². The fourth-order valence-corrected chi connectivity index (χ4v) is 6.31. The van der Waals surface area contributed by atoms with E-state index in [1.165, 1.54) is 0 Å². The molecule has 0 radical (unpaired) electrons. The van der Waals surface area contributed by atoms with Gasteiger partial charge in [-0.25, -0.2) is 0 Å². The number of para-hydroxylation sites is 1. The van der Waals surface area contributed by atoms with Crippen LogP contribution < -0.4 is 20.1 Å². The smallest absolute Gasteiger partial charge is 0.256 e. The monoisotopic (exact) mass is 629 g/mol. The highest BCUT2D eigenvalue weighted by Crippen LogP contribution is 2.51. The summed E-state index contributed by atoms with van der Waals surface area (Å²) in [7, 11) is 0. The second-order valence-electron chi connectivity index (χ2n) is 9.17. The molecule has 1 fully saturated rings. The maximum Gasteiger partial charge on any atom is 0.256 e. The first-order chi connectivity index (χ1) is 17.8. The number of rotatable bonds is 7. The molecule has 4 atom stereocenters. The SMILES string of the molecule is CCOc1cc([C@@H]2[C@H](C)N[C@@]3(C(=O)Nc4ccccc43)[C@@H]2[N+](=O)[O-])cc(Br)c1OCc1ccc(Br)cc1. The first-order valence-electron chi connectivity index (χ1n) is 11.9. The average Bonchev–Trinajstić information content (AvgIpc) is 3.33. The lowest BCUT2D eigenvalue weighted by atomic mass is 9.78. The van der Waals surface area contributed by atoms with Crippen molar-refractivity contribution >= 4 is 43.5 Å². The van der Waals surface area contributed by atoms with Gasteiger partial charge < -0.3 is 14.8 Å². The first-order valence-corrected chi connectivity index (χ1v) is 13.5. The molecule has 0 saturated carbocycles. The third-order valence-electron chi connectivity index (χ3n) is 6.98. The Morgan fingerprint density at radius 3 is 2.51 bits per heavy atom. The first kappa shape index (κ1) is 25.7. The summed E-state index contributed by atoms with van der Waals surface area (Å²) in [5.74, 6) is -0.0230. The van der Waals surface area contributed by atoms with Gasteiger partial charge in [-0.3, -0.25) is 20.2 Å². The van der Waals surface area contributed by atoms with Crippen LogP contribution >= 0.6 is 31.9 Å². The number of anilines is 1. The molecule has 0 aliphatic carbocycles. The van der Waals surface area contributed by atoms with Crippen molar-refractivity contribution in [3.8, 4) is 11.5 Å². The van der Waals surface area contributed by atoms with E-state index in [4.69, 9.17) is 9.47 Å². The van der Waals surface area contributed by atoms with Crippen molar-refractivity contribution in [2.24, 2.45) is 0 Å². The largest absolute Gasteiger partial charge is 0.490 e. The quantitative estimate of drug-likeness (QED) is 0.254. The lowest BCUT2D eigenvalue weighted by molar-refractivity contribution is -0.532. The molecule has 0 bridgehead atoms. The van der Waals surface area contributed by atoms with Gasteiger partial charge in [0.05, 0.1) is 17.0 Å². The van der Waals surface area contributed by atoms with Gasteiger partial charge in [0.2, 0.25) is 0 Å². The molecule has 2 heterocycles. The molecule has 2 aliphatic rings. The minimum Gasteiger partial charge on any atom is -0.490 e. The molecule has 2 aliphatic heterocycles. The molecule has 2 N–H and O–H groups in total. The van der Waals surface area contributed by atoms with Crippen LogP contribution in [0.2, 0.25) is 0 Å². The summed E-state index contributed by atoms with van der Waals surface area (Å²) in [6, 6.07) is 17.0. The number of nitrogens with zero attached hydrogens (tertiary/aromatic N) is 1. The van der Waals surface area contributed by atoms with Crippen LogP contribution in [0.25, 0.3) is 0 Å². The highest BCUT2D eigenvalue weighted by Gasteiger charge is 2.67. The zero-order chi connectivity index (χ0) is 26.3. The number of nitrogens with one attached hydrogen (secondary N) is 2. The van der Waals surface area contributed by atoms with Crippen LogP contribution in [0, 0.1) is 10.1 Å². The molecule has 192 valence electrons. The van der Waals surface area contributed by atoms with Gasteiger partial charge in [0.15, 0.2) is 17.0 Å². The Kier molecular flexibility index (Phi) is 6.99. The third kappa shape index (κ3) is 4.41. The molecule has 1 spiro atoms. The average molecular weight is 631 g/mol. The number of halogens is 2. The predicted molar refractivity (Wildman–Crippen MR) is 147 cm³/mol. The zero-order valence-electron chi connectivity index (χ0n) is 20.2. The lowest BCUT2D eigenvalue weighted by Gasteiger charge is -2.26. The second-order valence-corrected chi connectivity index (χ2v) is 10.9. The molecular weight excluding hydrogens is 606 g/mol. The summed E-state index contributed by atoms with van der Waals surface area (Å²) >= 11 is 7.04. The minimum absolute atomic E-state index is 0.324. The van der Waals surface area contributed by atoms with Crippen LogP contribution in [0.3, 0.4) is 0 Å². The Labute approximate surface area is 231 Å². The standard InChI is InChI=1S/C27H25Br2N3O5/c1-3-36-22-13-17(12-20(29)24(22)37-14-16-8-10-18(28)11-9-16)23-15(2)31-27(25(23)32(34)35)19-6-4-5-7-21(19)30-26(27)33/h4-13,15,23,25,31H,3,14H2,1-2H3,(H,30,33)/t15-,23-,25+,27+/m0/s1.